The zero-order valence-electron chi connectivity index (χ0n) is 16.6. The van der Waals surface area contributed by atoms with Crippen LogP contribution in [0.3, 0.4) is 0 Å². The van der Waals surface area contributed by atoms with E-state index in [0.29, 0.717) is 16.9 Å². The highest BCUT2D eigenvalue weighted by Gasteiger charge is 2.69. The van der Waals surface area contributed by atoms with Gasteiger partial charge in [-0.25, -0.2) is 9.59 Å². The zero-order chi connectivity index (χ0) is 21.5. The number of esters is 3. The number of aliphatic imine (C=N–C) groups is 1. The van der Waals surface area contributed by atoms with Crippen LogP contribution in [-0.2, 0) is 23.9 Å². The first-order valence-corrected chi connectivity index (χ1v) is 9.19. The average Bonchev–Trinajstić information content (AvgIpc) is 3.16. The Labute approximate surface area is 172 Å². The highest BCUT2D eigenvalue weighted by atomic mass is 16.6. The van der Waals surface area contributed by atoms with Gasteiger partial charge in [-0.05, 0) is 35.9 Å². The first-order valence-electron chi connectivity index (χ1n) is 9.19. The molecular weight excluding hydrogens is 390 g/mol. The summed E-state index contributed by atoms with van der Waals surface area (Å²) in [5.41, 5.74) is -0.882. The molecule has 3 atom stereocenters. The standard InChI is InChI=1S/C22H19NO7/c1-27-13-10-8-12(9-11-13)18-22(20(25)29-3)16(17(23-18)19(24)28-2)14-6-4-5-7-15(14)30-21(22)26/h4-11,16-17H,1-3H3/t16-,17+,22-/m1/s1. The minimum absolute atomic E-state index is 0.0944. The molecule has 30 heavy (non-hydrogen) atoms. The largest absolute Gasteiger partial charge is 0.497 e. The third-order valence-corrected chi connectivity index (χ3v) is 5.52. The molecule has 0 saturated carbocycles. The smallest absolute Gasteiger partial charge is 0.335 e. The van der Waals surface area contributed by atoms with Crippen molar-refractivity contribution in [3.63, 3.8) is 0 Å². The molecule has 154 valence electrons. The molecule has 2 aromatic carbocycles. The summed E-state index contributed by atoms with van der Waals surface area (Å²) in [5.74, 6) is -2.48. The van der Waals surface area contributed by atoms with Crippen LogP contribution in [0, 0.1) is 5.41 Å². The van der Waals surface area contributed by atoms with E-state index in [1.54, 1.807) is 48.5 Å². The van der Waals surface area contributed by atoms with Crippen LogP contribution < -0.4 is 9.47 Å². The number of rotatable bonds is 4. The number of para-hydroxylation sites is 1. The molecule has 0 aromatic heterocycles. The van der Waals surface area contributed by atoms with E-state index >= 15 is 0 Å². The van der Waals surface area contributed by atoms with Crippen LogP contribution in [0.4, 0.5) is 0 Å². The fraction of sp³-hybridized carbons (Fsp3) is 0.273. The Balaban J connectivity index is 2.00. The maximum Gasteiger partial charge on any atom is 0.335 e. The van der Waals surface area contributed by atoms with Gasteiger partial charge in [-0.2, -0.15) is 0 Å². The van der Waals surface area contributed by atoms with E-state index in [1.165, 1.54) is 21.3 Å². The number of hydrogen-bond acceptors (Lipinski definition) is 8. The van der Waals surface area contributed by atoms with Crippen molar-refractivity contribution in [1.29, 1.82) is 0 Å². The van der Waals surface area contributed by atoms with E-state index in [2.05, 4.69) is 4.99 Å². The topological polar surface area (TPSA) is 100 Å². The third-order valence-electron chi connectivity index (χ3n) is 5.52. The van der Waals surface area contributed by atoms with Gasteiger partial charge in [-0.1, -0.05) is 18.2 Å². The van der Waals surface area contributed by atoms with Crippen LogP contribution in [0.5, 0.6) is 11.5 Å². The fourth-order valence-corrected chi connectivity index (χ4v) is 4.17. The van der Waals surface area contributed by atoms with Crippen molar-refractivity contribution in [2.75, 3.05) is 21.3 Å². The van der Waals surface area contributed by atoms with E-state index in [0.717, 1.165) is 0 Å². The summed E-state index contributed by atoms with van der Waals surface area (Å²) in [6, 6.07) is 12.3. The van der Waals surface area contributed by atoms with E-state index < -0.39 is 35.3 Å². The number of hydrogen-bond donors (Lipinski definition) is 0. The summed E-state index contributed by atoms with van der Waals surface area (Å²) >= 11 is 0. The second-order valence-electron chi connectivity index (χ2n) is 6.88. The maximum atomic E-state index is 13.3. The molecule has 4 rings (SSSR count). The molecule has 0 fully saturated rings. The van der Waals surface area contributed by atoms with Crippen molar-refractivity contribution < 1.29 is 33.3 Å². The molecule has 0 spiro atoms. The van der Waals surface area contributed by atoms with Crippen LogP contribution in [0.2, 0.25) is 0 Å². The highest BCUT2D eigenvalue weighted by molar-refractivity contribution is 6.31. The van der Waals surface area contributed by atoms with E-state index in [9.17, 15) is 14.4 Å². The van der Waals surface area contributed by atoms with Crippen LogP contribution in [0.25, 0.3) is 0 Å². The summed E-state index contributed by atoms with van der Waals surface area (Å²) in [6.45, 7) is 0. The Hall–Kier alpha value is -3.68. The summed E-state index contributed by atoms with van der Waals surface area (Å²) in [4.78, 5) is 43.7. The van der Waals surface area contributed by atoms with Gasteiger partial charge < -0.3 is 18.9 Å². The average molecular weight is 409 g/mol. The molecule has 0 aliphatic carbocycles. The van der Waals surface area contributed by atoms with E-state index in [1.807, 2.05) is 0 Å². The Morgan fingerprint density at radius 3 is 2.33 bits per heavy atom. The Kier molecular flexibility index (Phi) is 4.77. The molecule has 2 aliphatic rings. The molecule has 2 aromatic rings. The third kappa shape index (κ3) is 2.60. The summed E-state index contributed by atoms with van der Waals surface area (Å²) in [7, 11) is 3.94. The lowest BCUT2D eigenvalue weighted by atomic mass is 9.65. The summed E-state index contributed by atoms with van der Waals surface area (Å²) < 4.78 is 20.7. The molecule has 0 unspecified atom stereocenters. The summed E-state index contributed by atoms with van der Waals surface area (Å²) in [6.07, 6.45) is 0. The van der Waals surface area contributed by atoms with Crippen LogP contribution in [0.1, 0.15) is 17.0 Å². The Morgan fingerprint density at radius 1 is 1.00 bits per heavy atom. The molecule has 0 bridgehead atoms. The zero-order valence-corrected chi connectivity index (χ0v) is 16.6. The number of carbonyl (C=O) groups is 3. The summed E-state index contributed by atoms with van der Waals surface area (Å²) in [5, 5.41) is 0. The van der Waals surface area contributed by atoms with Gasteiger partial charge in [0, 0.05) is 5.56 Å². The number of benzene rings is 2. The molecule has 2 aliphatic heterocycles. The van der Waals surface area contributed by atoms with Crippen molar-refractivity contribution in [2.24, 2.45) is 10.4 Å². The molecule has 0 amide bonds. The van der Waals surface area contributed by atoms with Gasteiger partial charge in [0.05, 0.1) is 33.0 Å². The van der Waals surface area contributed by atoms with Gasteiger partial charge in [0.25, 0.3) is 0 Å². The van der Waals surface area contributed by atoms with Gasteiger partial charge in [-0.15, -0.1) is 0 Å². The highest BCUT2D eigenvalue weighted by Crippen LogP contribution is 2.54. The second-order valence-corrected chi connectivity index (χ2v) is 6.88. The quantitative estimate of drug-likeness (QED) is 0.432. The predicted octanol–water partition coefficient (Wildman–Crippen LogP) is 1.90. The number of fused-ring (bicyclic) bond motifs is 3. The van der Waals surface area contributed by atoms with Crippen molar-refractivity contribution in [3.05, 3.63) is 59.7 Å². The first-order chi connectivity index (χ1) is 14.5. The monoisotopic (exact) mass is 409 g/mol. The van der Waals surface area contributed by atoms with Crippen LogP contribution in [-0.4, -0.2) is 51.0 Å². The molecule has 0 N–H and O–H groups in total. The molecule has 2 heterocycles. The molecule has 8 heteroatoms. The number of nitrogens with zero attached hydrogens (tertiary/aromatic N) is 1. The molecule has 0 radical (unpaired) electrons. The lowest BCUT2D eigenvalue weighted by Gasteiger charge is -2.37. The van der Waals surface area contributed by atoms with Gasteiger partial charge >= 0.3 is 17.9 Å². The number of carbonyl (C=O) groups excluding carboxylic acids is 3. The molecule has 8 nitrogen and oxygen atoms in total. The normalized spacial score (nSPS) is 24.1. The SMILES string of the molecule is COC(=O)[C@H]1N=C(c2ccc(OC)cc2)[C@]2(C(=O)OC)C(=O)Oc3ccccc3[C@H]12. The lowest BCUT2D eigenvalue weighted by molar-refractivity contribution is -0.163. The van der Waals surface area contributed by atoms with E-state index in [-0.39, 0.29) is 11.5 Å². The van der Waals surface area contributed by atoms with Gasteiger partial charge in [0.1, 0.15) is 11.5 Å². The fourth-order valence-electron chi connectivity index (χ4n) is 4.17. The van der Waals surface area contributed by atoms with Crippen molar-refractivity contribution in [3.8, 4) is 11.5 Å². The van der Waals surface area contributed by atoms with Crippen molar-refractivity contribution in [2.45, 2.75) is 12.0 Å². The predicted molar refractivity (Wildman–Crippen MR) is 105 cm³/mol. The molecular formula is C22H19NO7. The van der Waals surface area contributed by atoms with E-state index in [4.69, 9.17) is 18.9 Å². The Morgan fingerprint density at radius 2 is 1.70 bits per heavy atom. The van der Waals surface area contributed by atoms with Gasteiger partial charge in [0.15, 0.2) is 6.04 Å². The molecule has 0 saturated heterocycles. The van der Waals surface area contributed by atoms with Crippen molar-refractivity contribution in [1.82, 2.24) is 0 Å². The number of ether oxygens (including phenoxy) is 4. The second kappa shape index (κ2) is 7.29. The maximum absolute atomic E-state index is 13.3. The van der Waals surface area contributed by atoms with Crippen LogP contribution in [0.15, 0.2) is 53.5 Å². The first kappa shape index (κ1) is 19.6. The van der Waals surface area contributed by atoms with Crippen LogP contribution >= 0.6 is 0 Å². The minimum atomic E-state index is -1.95. The lowest BCUT2D eigenvalue weighted by Crippen LogP contribution is -2.55. The number of methoxy groups -OCH3 is 3. The van der Waals surface area contributed by atoms with Gasteiger partial charge in [-0.3, -0.25) is 9.79 Å². The van der Waals surface area contributed by atoms with Gasteiger partial charge in [0.2, 0.25) is 5.41 Å². The minimum Gasteiger partial charge on any atom is -0.497 e. The van der Waals surface area contributed by atoms with Crippen molar-refractivity contribution >= 4 is 23.6 Å². The Bertz CT molecular complexity index is 1060.